The lowest BCUT2D eigenvalue weighted by molar-refractivity contribution is 1.29. The number of fused-ring (bicyclic) bond motifs is 2. The second-order valence-corrected chi connectivity index (χ2v) is 14.8. The minimum atomic E-state index is 1.15. The summed E-state index contributed by atoms with van der Waals surface area (Å²) in [6.07, 6.45) is 0. The first-order valence-electron chi connectivity index (χ1n) is 18.6. The third kappa shape index (κ3) is 4.92. The lowest BCUT2D eigenvalue weighted by atomic mass is 9.84. The summed E-state index contributed by atoms with van der Waals surface area (Å²) in [4.78, 5) is 2.45. The van der Waals surface area contributed by atoms with E-state index in [1.165, 1.54) is 104 Å². The largest absolute Gasteiger partial charge is 0.309 e. The highest BCUT2D eigenvalue weighted by molar-refractivity contribution is 6.26. The molecule has 0 atom stereocenters. The molecule has 0 unspecified atom stereocenters. The average Bonchev–Trinajstić information content (AvgIpc) is 3.19. The normalized spacial score (nSPS) is 11.8. The highest BCUT2D eigenvalue weighted by atomic mass is 15.1. The van der Waals surface area contributed by atoms with Crippen LogP contribution in [-0.4, -0.2) is 0 Å². The molecule has 0 radical (unpaired) electrons. The molecule has 0 saturated carbocycles. The SMILES string of the molecule is Cc1ccc(N(c2ccc(C)cc2)c2c3ccccc3c(-c3cc(C)c(-c4ccc5ccc6cccc7ccc4c5c67)cc3C)c3ccccc23)cc1. The molecule has 0 heterocycles. The molecule has 0 fully saturated rings. The molecule has 10 rings (SSSR count). The van der Waals surface area contributed by atoms with Crippen LogP contribution in [0.2, 0.25) is 0 Å². The van der Waals surface area contributed by atoms with Gasteiger partial charge in [0.05, 0.1) is 5.69 Å². The zero-order valence-electron chi connectivity index (χ0n) is 30.5. The van der Waals surface area contributed by atoms with Gasteiger partial charge in [-0.05, 0) is 128 Å². The highest BCUT2D eigenvalue weighted by Gasteiger charge is 2.23. The fourth-order valence-electron chi connectivity index (χ4n) is 8.78. The first-order chi connectivity index (χ1) is 25.9. The molecule has 0 amide bonds. The molecule has 0 aliphatic rings. The molecular formula is C52H39N. The van der Waals surface area contributed by atoms with Gasteiger partial charge in [-0.25, -0.2) is 0 Å². The molecule has 0 aliphatic carbocycles. The Bertz CT molecular complexity index is 2900. The third-order valence-corrected chi connectivity index (χ3v) is 11.4. The number of hydrogen-bond donors (Lipinski definition) is 0. The molecule has 0 saturated heterocycles. The van der Waals surface area contributed by atoms with Crippen LogP contribution in [0.25, 0.3) is 76.1 Å². The van der Waals surface area contributed by atoms with E-state index in [9.17, 15) is 0 Å². The van der Waals surface area contributed by atoms with E-state index in [0.717, 1.165) is 11.4 Å². The number of nitrogens with zero attached hydrogens (tertiary/aromatic N) is 1. The van der Waals surface area contributed by atoms with E-state index in [1.54, 1.807) is 0 Å². The fourth-order valence-corrected chi connectivity index (χ4v) is 8.78. The predicted octanol–water partition coefficient (Wildman–Crippen LogP) is 14.9. The number of aryl methyl sites for hydroxylation is 4. The van der Waals surface area contributed by atoms with Crippen LogP contribution in [0.5, 0.6) is 0 Å². The molecular weight excluding hydrogens is 639 g/mol. The van der Waals surface area contributed by atoms with Crippen molar-refractivity contribution in [1.29, 1.82) is 0 Å². The van der Waals surface area contributed by atoms with Gasteiger partial charge in [0.25, 0.3) is 0 Å². The van der Waals surface area contributed by atoms with E-state index in [0.29, 0.717) is 0 Å². The zero-order chi connectivity index (χ0) is 35.8. The molecule has 10 aromatic carbocycles. The Balaban J connectivity index is 1.22. The van der Waals surface area contributed by atoms with E-state index >= 15 is 0 Å². The summed E-state index contributed by atoms with van der Waals surface area (Å²) in [5.41, 5.74) is 13.7. The van der Waals surface area contributed by atoms with Gasteiger partial charge in [0.2, 0.25) is 0 Å². The van der Waals surface area contributed by atoms with E-state index in [4.69, 9.17) is 0 Å². The topological polar surface area (TPSA) is 3.24 Å². The maximum Gasteiger partial charge on any atom is 0.0618 e. The van der Waals surface area contributed by atoms with Gasteiger partial charge >= 0.3 is 0 Å². The van der Waals surface area contributed by atoms with Crippen molar-refractivity contribution in [2.24, 2.45) is 0 Å². The van der Waals surface area contributed by atoms with Crippen LogP contribution in [0.4, 0.5) is 17.1 Å². The first kappa shape index (κ1) is 31.3. The Labute approximate surface area is 310 Å². The van der Waals surface area contributed by atoms with Crippen LogP contribution in [0.15, 0.2) is 164 Å². The van der Waals surface area contributed by atoms with Crippen LogP contribution < -0.4 is 4.90 Å². The van der Waals surface area contributed by atoms with Crippen molar-refractivity contribution >= 4 is 70.9 Å². The van der Waals surface area contributed by atoms with Gasteiger partial charge in [-0.2, -0.15) is 0 Å². The number of benzene rings is 10. The zero-order valence-corrected chi connectivity index (χ0v) is 30.5. The van der Waals surface area contributed by atoms with E-state index < -0.39 is 0 Å². The molecule has 252 valence electrons. The summed E-state index contributed by atoms with van der Waals surface area (Å²) in [5.74, 6) is 0. The number of hydrogen-bond acceptors (Lipinski definition) is 1. The highest BCUT2D eigenvalue weighted by Crippen LogP contribution is 2.49. The number of anilines is 3. The molecule has 0 aliphatic heterocycles. The summed E-state index contributed by atoms with van der Waals surface area (Å²) in [5, 5.41) is 12.9. The summed E-state index contributed by atoms with van der Waals surface area (Å²) in [7, 11) is 0. The summed E-state index contributed by atoms with van der Waals surface area (Å²) < 4.78 is 0. The molecule has 53 heavy (non-hydrogen) atoms. The molecule has 1 nitrogen and oxygen atoms in total. The standard InChI is InChI=1S/C52H39N/c1-32-16-24-39(25-17-32)53(40-26-18-33(2)19-27-40)52-45-14-7-5-12-42(45)51(43-13-6-8-15-46(43)52)48-31-34(3)47(30-35(48)4)41-28-22-38-21-20-36-10-9-11-37-23-29-44(41)50(38)49(36)37/h5-31H,1-4H3. The Morgan fingerprint density at radius 1 is 0.340 bits per heavy atom. The molecule has 0 N–H and O–H groups in total. The average molecular weight is 678 g/mol. The van der Waals surface area contributed by atoms with Crippen LogP contribution in [0.1, 0.15) is 22.3 Å². The Kier molecular flexibility index (Phi) is 7.13. The predicted molar refractivity (Wildman–Crippen MR) is 230 cm³/mol. The van der Waals surface area contributed by atoms with E-state index in [2.05, 4.69) is 196 Å². The minimum absolute atomic E-state index is 1.15. The smallest absolute Gasteiger partial charge is 0.0618 e. The van der Waals surface area contributed by atoms with Crippen LogP contribution in [0, 0.1) is 27.7 Å². The van der Waals surface area contributed by atoms with Crippen LogP contribution in [0.3, 0.4) is 0 Å². The van der Waals surface area contributed by atoms with Crippen molar-refractivity contribution in [3.63, 3.8) is 0 Å². The third-order valence-electron chi connectivity index (χ3n) is 11.4. The van der Waals surface area contributed by atoms with Gasteiger partial charge in [0, 0.05) is 22.1 Å². The second-order valence-electron chi connectivity index (χ2n) is 14.8. The Morgan fingerprint density at radius 3 is 1.40 bits per heavy atom. The molecule has 10 aromatic rings. The van der Waals surface area contributed by atoms with Crippen LogP contribution in [-0.2, 0) is 0 Å². The van der Waals surface area contributed by atoms with Crippen molar-refractivity contribution in [1.82, 2.24) is 0 Å². The maximum absolute atomic E-state index is 2.45. The monoisotopic (exact) mass is 677 g/mol. The van der Waals surface area contributed by atoms with Gasteiger partial charge < -0.3 is 4.90 Å². The molecule has 1 heteroatoms. The van der Waals surface area contributed by atoms with Gasteiger partial charge in [0.15, 0.2) is 0 Å². The Morgan fingerprint density at radius 2 is 0.811 bits per heavy atom. The van der Waals surface area contributed by atoms with Gasteiger partial charge in [-0.3, -0.25) is 0 Å². The molecule has 0 aromatic heterocycles. The van der Waals surface area contributed by atoms with Crippen molar-refractivity contribution in [2.75, 3.05) is 4.90 Å². The fraction of sp³-hybridized carbons (Fsp3) is 0.0769. The summed E-state index contributed by atoms with van der Waals surface area (Å²) >= 11 is 0. The Hall–Kier alpha value is -6.44. The lowest BCUT2D eigenvalue weighted by Gasteiger charge is -2.30. The van der Waals surface area contributed by atoms with E-state index in [-0.39, 0.29) is 0 Å². The van der Waals surface area contributed by atoms with E-state index in [1.807, 2.05) is 0 Å². The second kappa shape index (κ2) is 12.1. The number of rotatable bonds is 5. The quantitative estimate of drug-likeness (QED) is 0.129. The summed E-state index contributed by atoms with van der Waals surface area (Å²) in [6.45, 7) is 8.88. The summed E-state index contributed by atoms with van der Waals surface area (Å²) in [6, 6.07) is 61.1. The van der Waals surface area contributed by atoms with Gasteiger partial charge in [-0.1, -0.05) is 151 Å². The van der Waals surface area contributed by atoms with Crippen molar-refractivity contribution in [3.05, 3.63) is 186 Å². The minimum Gasteiger partial charge on any atom is -0.309 e. The van der Waals surface area contributed by atoms with Crippen molar-refractivity contribution in [3.8, 4) is 22.3 Å². The maximum atomic E-state index is 2.45. The first-order valence-corrected chi connectivity index (χ1v) is 18.6. The lowest BCUT2D eigenvalue weighted by Crippen LogP contribution is -2.11. The molecule has 0 spiro atoms. The van der Waals surface area contributed by atoms with Crippen molar-refractivity contribution < 1.29 is 0 Å². The molecule has 0 bridgehead atoms. The van der Waals surface area contributed by atoms with Crippen LogP contribution >= 0.6 is 0 Å². The van der Waals surface area contributed by atoms with Gasteiger partial charge in [0.1, 0.15) is 0 Å². The van der Waals surface area contributed by atoms with Gasteiger partial charge in [-0.15, -0.1) is 0 Å². The van der Waals surface area contributed by atoms with Crippen molar-refractivity contribution in [2.45, 2.75) is 27.7 Å².